The predicted octanol–water partition coefficient (Wildman–Crippen LogP) is 2.84. The molecule has 0 aliphatic carbocycles. The van der Waals surface area contributed by atoms with Gasteiger partial charge in [0.1, 0.15) is 5.83 Å². The molecule has 0 aromatic carbocycles. The zero-order chi connectivity index (χ0) is 5.86. The van der Waals surface area contributed by atoms with Gasteiger partial charge in [-0.15, -0.1) is 0 Å². The van der Waals surface area contributed by atoms with Gasteiger partial charge in [-0.05, 0) is 13.3 Å². The summed E-state index contributed by atoms with van der Waals surface area (Å²) in [6.07, 6.45) is 0.587. The molecule has 0 atom stereocenters. The summed E-state index contributed by atoms with van der Waals surface area (Å²) in [6.45, 7) is 3.16. The fourth-order valence-corrected chi connectivity index (χ4v) is 0.244. The van der Waals surface area contributed by atoms with Gasteiger partial charge < -0.3 is 0 Å². The lowest BCUT2D eigenvalue weighted by atomic mass is 10.4. The second-order valence-electron chi connectivity index (χ2n) is 1.29. The molecule has 2 heteroatoms. The summed E-state index contributed by atoms with van der Waals surface area (Å²) < 4.78 is 11.8. The summed E-state index contributed by atoms with van der Waals surface area (Å²) in [5.41, 5.74) is 0. The van der Waals surface area contributed by atoms with Crippen LogP contribution >= 0.6 is 11.6 Å². The normalized spacial score (nSPS) is 13.7. The summed E-state index contributed by atoms with van der Waals surface area (Å²) in [5, 5.41) is 0.319. The van der Waals surface area contributed by atoms with Crippen molar-refractivity contribution < 1.29 is 4.39 Å². The van der Waals surface area contributed by atoms with Crippen LogP contribution in [0, 0.1) is 0 Å². The van der Waals surface area contributed by atoms with Gasteiger partial charge in [-0.2, -0.15) is 0 Å². The van der Waals surface area contributed by atoms with Crippen molar-refractivity contribution in [1.82, 2.24) is 0 Å². The van der Waals surface area contributed by atoms with Gasteiger partial charge in [-0.1, -0.05) is 18.5 Å². The molecule has 0 amide bonds. The van der Waals surface area contributed by atoms with E-state index >= 15 is 0 Å². The second kappa shape index (κ2) is 3.03. The molecular formula is C5H8ClF. The fourth-order valence-electron chi connectivity index (χ4n) is 0.244. The minimum absolute atomic E-state index is 0.274. The summed E-state index contributed by atoms with van der Waals surface area (Å²) in [5.74, 6) is -0.274. The molecular weight excluding hydrogens is 115 g/mol. The molecule has 0 aliphatic heterocycles. The maximum absolute atomic E-state index is 11.8. The van der Waals surface area contributed by atoms with Crippen molar-refractivity contribution in [1.29, 1.82) is 0 Å². The van der Waals surface area contributed by atoms with E-state index in [9.17, 15) is 4.39 Å². The van der Waals surface area contributed by atoms with Crippen LogP contribution in [-0.2, 0) is 0 Å². The van der Waals surface area contributed by atoms with Crippen LogP contribution in [-0.4, -0.2) is 0 Å². The Kier molecular flexibility index (Phi) is 3.01. The highest BCUT2D eigenvalue weighted by Crippen LogP contribution is 2.12. The molecule has 0 rings (SSSR count). The minimum Gasteiger partial charge on any atom is -0.211 e. The molecule has 0 spiro atoms. The summed E-state index contributed by atoms with van der Waals surface area (Å²) in [6, 6.07) is 0. The Bertz CT molecular complexity index is 82.1. The van der Waals surface area contributed by atoms with Gasteiger partial charge in [0.15, 0.2) is 0 Å². The standard InChI is InChI=1S/C5H8ClF/c1-3-5(6)4(2)7/h3H2,1-2H3/b5-4-. The number of hydrogen-bond acceptors (Lipinski definition) is 0. The van der Waals surface area contributed by atoms with Crippen LogP contribution in [0.5, 0.6) is 0 Å². The maximum atomic E-state index is 11.8. The van der Waals surface area contributed by atoms with E-state index in [1.807, 2.05) is 6.92 Å². The quantitative estimate of drug-likeness (QED) is 0.502. The Morgan fingerprint density at radius 3 is 2.14 bits per heavy atom. The number of hydrogen-bond donors (Lipinski definition) is 0. The summed E-state index contributed by atoms with van der Waals surface area (Å²) >= 11 is 5.30. The zero-order valence-corrected chi connectivity index (χ0v) is 5.22. The van der Waals surface area contributed by atoms with Gasteiger partial charge in [0, 0.05) is 5.03 Å². The average molecular weight is 123 g/mol. The lowest BCUT2D eigenvalue weighted by molar-refractivity contribution is 0.631. The molecule has 0 N–H and O–H groups in total. The van der Waals surface area contributed by atoms with E-state index < -0.39 is 0 Å². The van der Waals surface area contributed by atoms with Crippen LogP contribution in [0.1, 0.15) is 20.3 Å². The van der Waals surface area contributed by atoms with Crippen LogP contribution in [0.2, 0.25) is 0 Å². The van der Waals surface area contributed by atoms with Gasteiger partial charge in [-0.3, -0.25) is 0 Å². The summed E-state index contributed by atoms with van der Waals surface area (Å²) in [7, 11) is 0. The molecule has 42 valence electrons. The number of allylic oxidation sites excluding steroid dienone is 2. The lowest BCUT2D eigenvalue weighted by Gasteiger charge is -1.87. The largest absolute Gasteiger partial charge is 0.211 e. The van der Waals surface area contributed by atoms with Crippen molar-refractivity contribution in [2.45, 2.75) is 20.3 Å². The van der Waals surface area contributed by atoms with Crippen molar-refractivity contribution in [2.75, 3.05) is 0 Å². The third kappa shape index (κ3) is 2.63. The maximum Gasteiger partial charge on any atom is 0.111 e. The fraction of sp³-hybridized carbons (Fsp3) is 0.600. The van der Waals surface area contributed by atoms with Crippen molar-refractivity contribution >= 4 is 11.6 Å². The Morgan fingerprint density at radius 1 is 1.71 bits per heavy atom. The molecule has 0 aromatic rings. The molecule has 0 bridgehead atoms. The first-order chi connectivity index (χ1) is 3.18. The third-order valence-electron chi connectivity index (χ3n) is 0.684. The van der Waals surface area contributed by atoms with Crippen LogP contribution < -0.4 is 0 Å². The molecule has 0 radical (unpaired) electrons. The van der Waals surface area contributed by atoms with Crippen LogP contribution in [0.25, 0.3) is 0 Å². The molecule has 0 fully saturated rings. The van der Waals surface area contributed by atoms with Crippen LogP contribution in [0.4, 0.5) is 4.39 Å². The van der Waals surface area contributed by atoms with Gasteiger partial charge in [0.05, 0.1) is 0 Å². The van der Waals surface area contributed by atoms with Crippen molar-refractivity contribution in [3.8, 4) is 0 Å². The van der Waals surface area contributed by atoms with E-state index in [1.165, 1.54) is 6.92 Å². The van der Waals surface area contributed by atoms with Crippen LogP contribution in [0.15, 0.2) is 10.9 Å². The Labute approximate surface area is 48.0 Å². The molecule has 0 nitrogen and oxygen atoms in total. The monoisotopic (exact) mass is 122 g/mol. The molecule has 0 unspecified atom stereocenters. The van der Waals surface area contributed by atoms with E-state index in [4.69, 9.17) is 11.6 Å². The first-order valence-electron chi connectivity index (χ1n) is 2.19. The number of rotatable bonds is 1. The molecule has 7 heavy (non-hydrogen) atoms. The van der Waals surface area contributed by atoms with E-state index in [0.29, 0.717) is 11.5 Å². The lowest BCUT2D eigenvalue weighted by Crippen LogP contribution is -1.67. The third-order valence-corrected chi connectivity index (χ3v) is 1.21. The molecule has 0 saturated carbocycles. The van der Waals surface area contributed by atoms with Gasteiger partial charge >= 0.3 is 0 Å². The van der Waals surface area contributed by atoms with E-state index in [2.05, 4.69) is 0 Å². The highest BCUT2D eigenvalue weighted by Gasteiger charge is 1.90. The predicted molar refractivity (Wildman–Crippen MR) is 30.0 cm³/mol. The van der Waals surface area contributed by atoms with Crippen molar-refractivity contribution in [3.05, 3.63) is 10.9 Å². The Morgan fingerprint density at radius 2 is 2.14 bits per heavy atom. The van der Waals surface area contributed by atoms with E-state index in [1.54, 1.807) is 0 Å². The molecule has 0 aromatic heterocycles. The Balaban J connectivity index is 3.72. The van der Waals surface area contributed by atoms with Crippen molar-refractivity contribution in [3.63, 3.8) is 0 Å². The topological polar surface area (TPSA) is 0 Å². The van der Waals surface area contributed by atoms with E-state index in [-0.39, 0.29) is 5.83 Å². The van der Waals surface area contributed by atoms with Crippen LogP contribution in [0.3, 0.4) is 0 Å². The highest BCUT2D eigenvalue weighted by atomic mass is 35.5. The highest BCUT2D eigenvalue weighted by molar-refractivity contribution is 6.29. The first-order valence-corrected chi connectivity index (χ1v) is 2.57. The smallest absolute Gasteiger partial charge is 0.111 e. The SMILES string of the molecule is CC/C(Cl)=C(\C)F. The summed E-state index contributed by atoms with van der Waals surface area (Å²) in [4.78, 5) is 0. The molecule has 0 saturated heterocycles. The molecule has 0 aliphatic rings. The van der Waals surface area contributed by atoms with Gasteiger partial charge in [-0.25, -0.2) is 4.39 Å². The van der Waals surface area contributed by atoms with Gasteiger partial charge in [0.2, 0.25) is 0 Å². The molecule has 0 heterocycles. The minimum atomic E-state index is -0.274. The zero-order valence-electron chi connectivity index (χ0n) is 4.46. The second-order valence-corrected chi connectivity index (χ2v) is 1.75. The van der Waals surface area contributed by atoms with Crippen molar-refractivity contribution in [2.24, 2.45) is 0 Å². The Hall–Kier alpha value is -0.0400. The average Bonchev–Trinajstić information content (AvgIpc) is 1.65. The number of halogens is 2. The van der Waals surface area contributed by atoms with E-state index in [0.717, 1.165) is 0 Å². The van der Waals surface area contributed by atoms with Gasteiger partial charge in [0.25, 0.3) is 0 Å². The first kappa shape index (κ1) is 6.96.